The van der Waals surface area contributed by atoms with E-state index in [0.717, 1.165) is 11.1 Å². The van der Waals surface area contributed by atoms with Gasteiger partial charge in [0.25, 0.3) is 0 Å². The molecule has 0 saturated carbocycles. The van der Waals surface area contributed by atoms with Crippen molar-refractivity contribution in [3.8, 4) is 0 Å². The molecule has 7 heteroatoms. The van der Waals surface area contributed by atoms with Gasteiger partial charge in [0.2, 0.25) is 0 Å². The molecule has 1 amide bonds. The zero-order valence-corrected chi connectivity index (χ0v) is 14.5. The average molecular weight is 368 g/mol. The number of carbonyl (C=O) groups is 2. The second kappa shape index (κ2) is 9.30. The molecule has 0 aliphatic rings. The Balaban J connectivity index is 1.89. The fourth-order valence-electron chi connectivity index (χ4n) is 2.19. The number of thiophene rings is 1. The van der Waals surface area contributed by atoms with E-state index in [1.807, 2.05) is 41.8 Å². The summed E-state index contributed by atoms with van der Waals surface area (Å²) in [6, 6.07) is 10.9. The summed E-state index contributed by atoms with van der Waals surface area (Å²) in [6.45, 7) is 0.164. The first kappa shape index (κ1) is 18.3. The first-order valence-electron chi connectivity index (χ1n) is 7.45. The van der Waals surface area contributed by atoms with E-state index < -0.39 is 12.1 Å². The molecule has 1 heterocycles. The first-order valence-corrected chi connectivity index (χ1v) is 8.71. The highest BCUT2D eigenvalue weighted by atomic mass is 35.5. The van der Waals surface area contributed by atoms with Crippen LogP contribution in [-0.4, -0.2) is 23.2 Å². The molecule has 24 heavy (non-hydrogen) atoms. The van der Waals surface area contributed by atoms with Crippen LogP contribution in [0.5, 0.6) is 0 Å². The highest BCUT2D eigenvalue weighted by Crippen LogP contribution is 2.24. The van der Waals surface area contributed by atoms with Gasteiger partial charge in [-0.2, -0.15) is 0 Å². The first-order chi connectivity index (χ1) is 11.5. The van der Waals surface area contributed by atoms with Gasteiger partial charge < -0.3 is 15.2 Å². The van der Waals surface area contributed by atoms with Gasteiger partial charge in [0.15, 0.2) is 0 Å². The summed E-state index contributed by atoms with van der Waals surface area (Å²) in [7, 11) is 0. The number of carboxylic acids is 1. The van der Waals surface area contributed by atoms with Crippen LogP contribution in [0.1, 0.15) is 24.0 Å². The molecule has 0 saturated heterocycles. The van der Waals surface area contributed by atoms with Crippen molar-refractivity contribution in [2.75, 3.05) is 0 Å². The standard InChI is InChI=1S/C17H18ClNO4S/c18-16-13(8-9-24-16)10-14(6-7-15(20)21)19-17(22)23-11-12-4-2-1-3-5-12/h1-5,8-9,14H,6-7,10-11H2,(H,19,22)(H,20,21). The molecular weight excluding hydrogens is 350 g/mol. The lowest BCUT2D eigenvalue weighted by atomic mass is 10.0. The number of carbonyl (C=O) groups excluding carboxylic acids is 1. The predicted octanol–water partition coefficient (Wildman–Crippen LogP) is 4.10. The third-order valence-electron chi connectivity index (χ3n) is 3.40. The van der Waals surface area contributed by atoms with Crippen molar-refractivity contribution in [2.45, 2.75) is 31.9 Å². The van der Waals surface area contributed by atoms with Crippen LogP contribution in [-0.2, 0) is 22.6 Å². The van der Waals surface area contributed by atoms with Crippen molar-refractivity contribution in [3.63, 3.8) is 0 Å². The van der Waals surface area contributed by atoms with E-state index >= 15 is 0 Å². The van der Waals surface area contributed by atoms with Crippen molar-refractivity contribution in [2.24, 2.45) is 0 Å². The van der Waals surface area contributed by atoms with E-state index in [4.69, 9.17) is 21.4 Å². The third-order valence-corrected chi connectivity index (χ3v) is 4.65. The normalized spacial score (nSPS) is 11.7. The van der Waals surface area contributed by atoms with E-state index in [9.17, 15) is 9.59 Å². The quantitative estimate of drug-likeness (QED) is 0.736. The maximum Gasteiger partial charge on any atom is 0.407 e. The minimum atomic E-state index is -0.907. The molecule has 2 N–H and O–H groups in total. The van der Waals surface area contributed by atoms with E-state index in [2.05, 4.69) is 5.32 Å². The number of halogens is 1. The summed E-state index contributed by atoms with van der Waals surface area (Å²) in [6.07, 6.45) is 0.171. The summed E-state index contributed by atoms with van der Waals surface area (Å²) < 4.78 is 5.83. The van der Waals surface area contributed by atoms with Gasteiger partial charge in [-0.05, 0) is 35.4 Å². The van der Waals surface area contributed by atoms with Crippen LogP contribution in [0.2, 0.25) is 4.34 Å². The molecular formula is C17H18ClNO4S. The molecule has 0 radical (unpaired) electrons. The number of aliphatic carboxylic acids is 1. The zero-order chi connectivity index (χ0) is 17.4. The van der Waals surface area contributed by atoms with E-state index in [0.29, 0.717) is 17.2 Å². The highest BCUT2D eigenvalue weighted by Gasteiger charge is 2.17. The van der Waals surface area contributed by atoms with Gasteiger partial charge in [0, 0.05) is 12.5 Å². The molecule has 2 rings (SSSR count). The number of hydrogen-bond acceptors (Lipinski definition) is 4. The Kier molecular flexibility index (Phi) is 7.08. The molecule has 0 fully saturated rings. The Morgan fingerprint density at radius 2 is 2.00 bits per heavy atom. The van der Waals surface area contributed by atoms with Crippen LogP contribution in [0.4, 0.5) is 4.79 Å². The van der Waals surface area contributed by atoms with Gasteiger partial charge in [-0.15, -0.1) is 11.3 Å². The van der Waals surface area contributed by atoms with Crippen LogP contribution in [0, 0.1) is 0 Å². The van der Waals surface area contributed by atoms with Crippen LogP contribution in [0.15, 0.2) is 41.8 Å². The number of hydrogen-bond donors (Lipinski definition) is 2. The summed E-state index contributed by atoms with van der Waals surface area (Å²) in [4.78, 5) is 22.8. The molecule has 2 aromatic rings. The van der Waals surface area contributed by atoms with Gasteiger partial charge in [-0.3, -0.25) is 4.79 Å². The lowest BCUT2D eigenvalue weighted by molar-refractivity contribution is -0.137. The number of alkyl carbamates (subject to hydrolysis) is 1. The van der Waals surface area contributed by atoms with Gasteiger partial charge in [-0.25, -0.2) is 4.79 Å². The fraction of sp³-hybridized carbons (Fsp3) is 0.294. The molecule has 1 atom stereocenters. The van der Waals surface area contributed by atoms with Crippen LogP contribution in [0.25, 0.3) is 0 Å². The Bertz CT molecular complexity index is 674. The van der Waals surface area contributed by atoms with Gasteiger partial charge in [0.05, 0.1) is 4.34 Å². The molecule has 0 aliphatic carbocycles. The molecule has 1 aromatic carbocycles. The Hall–Kier alpha value is -2.05. The van der Waals surface area contributed by atoms with Gasteiger partial charge >= 0.3 is 12.1 Å². The van der Waals surface area contributed by atoms with Crippen molar-refractivity contribution < 1.29 is 19.4 Å². The number of amides is 1. The monoisotopic (exact) mass is 367 g/mol. The largest absolute Gasteiger partial charge is 0.481 e. The van der Waals surface area contributed by atoms with Crippen LogP contribution >= 0.6 is 22.9 Å². The average Bonchev–Trinajstić information content (AvgIpc) is 2.96. The zero-order valence-electron chi connectivity index (χ0n) is 12.9. The molecule has 0 spiro atoms. The maximum absolute atomic E-state index is 12.0. The molecule has 5 nitrogen and oxygen atoms in total. The summed E-state index contributed by atoms with van der Waals surface area (Å²) in [5.74, 6) is -0.907. The van der Waals surface area contributed by atoms with E-state index in [1.165, 1.54) is 11.3 Å². The minimum absolute atomic E-state index is 0.0363. The molecule has 0 bridgehead atoms. The van der Waals surface area contributed by atoms with E-state index in [-0.39, 0.29) is 19.1 Å². The van der Waals surface area contributed by atoms with Gasteiger partial charge in [0.1, 0.15) is 6.61 Å². The van der Waals surface area contributed by atoms with Gasteiger partial charge in [-0.1, -0.05) is 41.9 Å². The minimum Gasteiger partial charge on any atom is -0.481 e. The number of benzene rings is 1. The highest BCUT2D eigenvalue weighted by molar-refractivity contribution is 7.14. The van der Waals surface area contributed by atoms with Crippen molar-refractivity contribution in [3.05, 3.63) is 57.2 Å². The second-order valence-electron chi connectivity index (χ2n) is 5.26. The predicted molar refractivity (Wildman–Crippen MR) is 93.5 cm³/mol. The Labute approximate surface area is 149 Å². The lowest BCUT2D eigenvalue weighted by Gasteiger charge is -2.18. The number of ether oxygens (including phenoxy) is 1. The molecule has 128 valence electrons. The SMILES string of the molecule is O=C(O)CCC(Cc1ccsc1Cl)NC(=O)OCc1ccccc1. The van der Waals surface area contributed by atoms with E-state index in [1.54, 1.807) is 0 Å². The Morgan fingerprint density at radius 1 is 1.25 bits per heavy atom. The second-order valence-corrected chi connectivity index (χ2v) is 6.78. The third kappa shape index (κ3) is 6.22. The summed E-state index contributed by atoms with van der Waals surface area (Å²) >= 11 is 7.48. The summed E-state index contributed by atoms with van der Waals surface area (Å²) in [5, 5.41) is 13.5. The lowest BCUT2D eigenvalue weighted by Crippen LogP contribution is -2.37. The van der Waals surface area contributed by atoms with Crippen LogP contribution in [0.3, 0.4) is 0 Å². The van der Waals surface area contributed by atoms with Crippen LogP contribution < -0.4 is 5.32 Å². The number of rotatable bonds is 8. The van der Waals surface area contributed by atoms with Crippen molar-refractivity contribution in [1.29, 1.82) is 0 Å². The maximum atomic E-state index is 12.0. The number of carboxylic acid groups (broad SMARTS) is 1. The topological polar surface area (TPSA) is 75.6 Å². The van der Waals surface area contributed by atoms with Crippen molar-refractivity contribution in [1.82, 2.24) is 5.32 Å². The smallest absolute Gasteiger partial charge is 0.407 e. The summed E-state index contributed by atoms with van der Waals surface area (Å²) in [5.41, 5.74) is 1.77. The molecule has 0 aliphatic heterocycles. The number of nitrogens with one attached hydrogen (secondary N) is 1. The molecule has 1 unspecified atom stereocenters. The fourth-order valence-corrected chi connectivity index (χ4v) is 3.13. The molecule has 1 aromatic heterocycles. The Morgan fingerprint density at radius 3 is 2.62 bits per heavy atom. The van der Waals surface area contributed by atoms with Crippen molar-refractivity contribution >= 4 is 35.0 Å².